The smallest absolute Gasteiger partial charge is 0.270 e. The molecule has 0 bridgehead atoms. The normalized spacial score (nSPS) is 20.2. The van der Waals surface area contributed by atoms with Crippen molar-refractivity contribution in [2.45, 2.75) is 57.0 Å². The van der Waals surface area contributed by atoms with E-state index in [1.165, 1.54) is 29.5 Å². The summed E-state index contributed by atoms with van der Waals surface area (Å²) in [6.45, 7) is 1.31. The van der Waals surface area contributed by atoms with E-state index in [9.17, 15) is 15.3 Å². The van der Waals surface area contributed by atoms with Crippen LogP contribution >= 0.6 is 0 Å². The van der Waals surface area contributed by atoms with Crippen LogP contribution in [0.5, 0.6) is 11.5 Å². The number of fused-ring (bicyclic) bond motifs is 2. The van der Waals surface area contributed by atoms with Gasteiger partial charge in [0.05, 0.1) is 11.2 Å². The Bertz CT molecular complexity index is 1560. The molecular formula is C30H32N6O3. The molecule has 2 aromatic heterocycles. The molecule has 39 heavy (non-hydrogen) atoms. The first-order valence-corrected chi connectivity index (χ1v) is 13.7. The second-order valence-electron chi connectivity index (χ2n) is 10.9. The lowest BCUT2D eigenvalue weighted by atomic mass is 9.83. The second-order valence-corrected chi connectivity index (χ2v) is 10.9. The van der Waals surface area contributed by atoms with Crippen molar-refractivity contribution in [1.29, 1.82) is 10.5 Å². The molecule has 1 aliphatic heterocycles. The van der Waals surface area contributed by atoms with Gasteiger partial charge in [-0.1, -0.05) is 6.42 Å². The molecule has 9 nitrogen and oxygen atoms in total. The van der Waals surface area contributed by atoms with Crippen molar-refractivity contribution in [3.05, 3.63) is 51.9 Å². The summed E-state index contributed by atoms with van der Waals surface area (Å²) in [4.78, 5) is 22.2. The molecule has 2 aliphatic carbocycles. The van der Waals surface area contributed by atoms with Crippen LogP contribution in [0.25, 0.3) is 11.0 Å². The molecule has 3 heterocycles. The van der Waals surface area contributed by atoms with E-state index in [2.05, 4.69) is 39.1 Å². The molecule has 9 heteroatoms. The Morgan fingerprint density at radius 3 is 2.44 bits per heavy atom. The molecule has 2 saturated carbocycles. The molecule has 0 saturated heterocycles. The number of rotatable bonds is 6. The highest BCUT2D eigenvalue weighted by atomic mass is 16.7. The maximum absolute atomic E-state index is 13.1. The number of anilines is 2. The van der Waals surface area contributed by atoms with Crippen LogP contribution in [0, 0.1) is 28.6 Å². The largest absolute Gasteiger partial charge is 0.454 e. The van der Waals surface area contributed by atoms with Crippen LogP contribution in [0.4, 0.5) is 11.4 Å². The lowest BCUT2D eigenvalue weighted by molar-refractivity contribution is 0.174. The SMILES string of the molecule is CN(c1c(C#N)c(=O)n(C)c2ccc(C#N)nc12)C1CCC(N(CC2CCC2)c2ccc3c(c2)OCO3)CC1. The minimum atomic E-state index is -0.346. The molecule has 2 fully saturated rings. The van der Waals surface area contributed by atoms with E-state index in [4.69, 9.17) is 9.47 Å². The Morgan fingerprint density at radius 1 is 1.00 bits per heavy atom. The van der Waals surface area contributed by atoms with Gasteiger partial charge in [0.15, 0.2) is 11.5 Å². The first-order chi connectivity index (χ1) is 19.0. The van der Waals surface area contributed by atoms with Crippen molar-refractivity contribution < 1.29 is 9.47 Å². The zero-order chi connectivity index (χ0) is 27.1. The van der Waals surface area contributed by atoms with Crippen LogP contribution in [0.2, 0.25) is 0 Å². The monoisotopic (exact) mass is 524 g/mol. The van der Waals surface area contributed by atoms with Crippen LogP contribution in [0.3, 0.4) is 0 Å². The van der Waals surface area contributed by atoms with Crippen LogP contribution < -0.4 is 24.8 Å². The van der Waals surface area contributed by atoms with Gasteiger partial charge in [-0.2, -0.15) is 10.5 Å². The Hall–Kier alpha value is -4.24. The number of nitrogens with zero attached hydrogens (tertiary/aromatic N) is 6. The fourth-order valence-corrected chi connectivity index (χ4v) is 6.32. The summed E-state index contributed by atoms with van der Waals surface area (Å²) < 4.78 is 12.7. The topological polar surface area (TPSA) is 107 Å². The number of aromatic nitrogens is 2. The van der Waals surface area contributed by atoms with Gasteiger partial charge in [0.25, 0.3) is 5.56 Å². The summed E-state index contributed by atoms with van der Waals surface area (Å²) in [7, 11) is 3.59. The lowest BCUT2D eigenvalue weighted by Gasteiger charge is -2.44. The molecule has 0 amide bonds. The zero-order valence-corrected chi connectivity index (χ0v) is 22.4. The third-order valence-corrected chi connectivity index (χ3v) is 8.82. The molecule has 0 N–H and O–H groups in total. The molecule has 0 radical (unpaired) electrons. The van der Waals surface area contributed by atoms with E-state index in [0.29, 0.717) is 22.8 Å². The second kappa shape index (κ2) is 10.1. The van der Waals surface area contributed by atoms with Crippen LogP contribution in [0.1, 0.15) is 56.2 Å². The highest BCUT2D eigenvalue weighted by Gasteiger charge is 2.33. The van der Waals surface area contributed by atoms with Gasteiger partial charge in [-0.25, -0.2) is 4.98 Å². The number of hydrogen-bond acceptors (Lipinski definition) is 8. The van der Waals surface area contributed by atoms with Gasteiger partial charge in [0.1, 0.15) is 28.9 Å². The van der Waals surface area contributed by atoms with E-state index >= 15 is 0 Å². The molecule has 0 spiro atoms. The lowest BCUT2D eigenvalue weighted by Crippen LogP contribution is -2.46. The van der Waals surface area contributed by atoms with Crippen molar-refractivity contribution in [1.82, 2.24) is 9.55 Å². The summed E-state index contributed by atoms with van der Waals surface area (Å²) in [5.41, 5.74) is 2.83. The van der Waals surface area contributed by atoms with Crippen molar-refractivity contribution in [3.8, 4) is 23.6 Å². The fourth-order valence-electron chi connectivity index (χ4n) is 6.32. The summed E-state index contributed by atoms with van der Waals surface area (Å²) in [6, 6.07) is 14.4. The molecule has 6 rings (SSSR count). The van der Waals surface area contributed by atoms with Crippen LogP contribution in [-0.2, 0) is 7.05 Å². The predicted octanol–water partition coefficient (Wildman–Crippen LogP) is 4.46. The number of hydrogen-bond donors (Lipinski definition) is 0. The maximum Gasteiger partial charge on any atom is 0.270 e. The summed E-state index contributed by atoms with van der Waals surface area (Å²) >= 11 is 0. The standard InChI is InChI=1S/C30H32N6O3/c1-34(29-24(16-32)30(37)35(2)25-12-6-20(15-31)33-28(25)29)21-7-9-22(10-8-21)36(17-19-4-3-5-19)23-11-13-26-27(14-23)39-18-38-26/h6,11-14,19,21-22H,3-5,7-10,17-18H2,1-2H3. The van der Waals surface area contributed by atoms with E-state index < -0.39 is 0 Å². The van der Waals surface area contributed by atoms with Crippen LogP contribution in [0.15, 0.2) is 35.1 Å². The van der Waals surface area contributed by atoms with Gasteiger partial charge < -0.3 is 23.8 Å². The first-order valence-electron chi connectivity index (χ1n) is 13.7. The quantitative estimate of drug-likeness (QED) is 0.465. The third kappa shape index (κ3) is 4.42. The van der Waals surface area contributed by atoms with E-state index in [1.54, 1.807) is 19.2 Å². The average Bonchev–Trinajstić information content (AvgIpc) is 3.42. The molecule has 3 aromatic rings. The molecule has 0 atom stereocenters. The third-order valence-electron chi connectivity index (χ3n) is 8.82. The predicted molar refractivity (Wildman–Crippen MR) is 148 cm³/mol. The Balaban J connectivity index is 1.27. The molecule has 200 valence electrons. The molecule has 0 unspecified atom stereocenters. The van der Waals surface area contributed by atoms with Gasteiger partial charge in [-0.05, 0) is 68.7 Å². The Kier molecular flexibility index (Phi) is 6.52. The van der Waals surface area contributed by atoms with Crippen LogP contribution in [-0.4, -0.2) is 42.0 Å². The van der Waals surface area contributed by atoms with Crippen molar-refractivity contribution in [3.63, 3.8) is 0 Å². The summed E-state index contributed by atoms with van der Waals surface area (Å²) in [6.07, 6.45) is 7.71. The zero-order valence-electron chi connectivity index (χ0n) is 22.4. The van der Waals surface area contributed by atoms with Crippen molar-refractivity contribution in [2.75, 3.05) is 30.2 Å². The van der Waals surface area contributed by atoms with E-state index in [0.717, 1.165) is 49.6 Å². The maximum atomic E-state index is 13.1. The van der Waals surface area contributed by atoms with Gasteiger partial charge in [-0.3, -0.25) is 4.79 Å². The minimum absolute atomic E-state index is 0.0733. The number of benzene rings is 1. The van der Waals surface area contributed by atoms with Gasteiger partial charge in [-0.15, -0.1) is 0 Å². The molecular weight excluding hydrogens is 492 g/mol. The number of pyridine rings is 2. The Labute approximate surface area is 227 Å². The highest BCUT2D eigenvalue weighted by molar-refractivity contribution is 5.92. The average molecular weight is 525 g/mol. The van der Waals surface area contributed by atoms with Gasteiger partial charge >= 0.3 is 0 Å². The van der Waals surface area contributed by atoms with Crippen molar-refractivity contribution >= 4 is 22.4 Å². The number of nitriles is 2. The first kappa shape index (κ1) is 25.1. The molecule has 3 aliphatic rings. The highest BCUT2D eigenvalue weighted by Crippen LogP contribution is 2.40. The summed E-state index contributed by atoms with van der Waals surface area (Å²) in [5, 5.41) is 19.4. The Morgan fingerprint density at radius 2 is 1.74 bits per heavy atom. The number of ether oxygens (including phenoxy) is 2. The molecule has 1 aromatic carbocycles. The fraction of sp³-hybridized carbons (Fsp3) is 0.467. The van der Waals surface area contributed by atoms with Gasteiger partial charge in [0.2, 0.25) is 6.79 Å². The minimum Gasteiger partial charge on any atom is -0.454 e. The number of aryl methyl sites for hydroxylation is 1. The van der Waals surface area contributed by atoms with E-state index in [-0.39, 0.29) is 29.7 Å². The summed E-state index contributed by atoms with van der Waals surface area (Å²) in [5.74, 6) is 2.34. The van der Waals surface area contributed by atoms with Crippen molar-refractivity contribution in [2.24, 2.45) is 13.0 Å². The van der Waals surface area contributed by atoms with E-state index in [1.807, 2.05) is 13.1 Å². The van der Waals surface area contributed by atoms with Gasteiger partial charge in [0, 0.05) is 44.5 Å².